The maximum Gasteiger partial charge on any atom is 0.246 e. The fourth-order valence-electron chi connectivity index (χ4n) is 5.03. The predicted octanol–water partition coefficient (Wildman–Crippen LogP) is 3.09. The Bertz CT molecular complexity index is 1350. The van der Waals surface area contributed by atoms with Crippen LogP contribution in [0.25, 0.3) is 22.2 Å². The highest BCUT2D eigenvalue weighted by atomic mass is 32.1. The number of fused-ring (bicyclic) bond motifs is 2. The van der Waals surface area contributed by atoms with E-state index in [0.29, 0.717) is 25.9 Å². The number of carbonyl (C=O) groups excluding carboxylic acids is 2. The van der Waals surface area contributed by atoms with E-state index in [4.69, 9.17) is 4.98 Å². The summed E-state index contributed by atoms with van der Waals surface area (Å²) >= 11 is 1.62. The van der Waals surface area contributed by atoms with E-state index in [0.717, 1.165) is 32.7 Å². The molecule has 4 heterocycles. The molecule has 0 unspecified atom stereocenters. The van der Waals surface area contributed by atoms with E-state index in [2.05, 4.69) is 33.1 Å². The van der Waals surface area contributed by atoms with Crippen LogP contribution in [0.4, 0.5) is 0 Å². The lowest BCUT2D eigenvalue weighted by atomic mass is 10.0. The third kappa shape index (κ3) is 3.89. The Kier molecular flexibility index (Phi) is 5.39. The van der Waals surface area contributed by atoms with Crippen LogP contribution >= 0.6 is 11.3 Å². The van der Waals surface area contributed by atoms with Crippen molar-refractivity contribution in [3.8, 4) is 11.3 Å². The first-order valence-electron chi connectivity index (χ1n) is 11.5. The van der Waals surface area contributed by atoms with Gasteiger partial charge in [-0.05, 0) is 18.1 Å². The quantitative estimate of drug-likeness (QED) is 0.403. The van der Waals surface area contributed by atoms with Gasteiger partial charge in [0, 0.05) is 53.6 Å². The van der Waals surface area contributed by atoms with Gasteiger partial charge >= 0.3 is 0 Å². The number of amides is 2. The first-order valence-corrected chi connectivity index (χ1v) is 12.4. The van der Waals surface area contributed by atoms with E-state index in [9.17, 15) is 9.59 Å². The Labute approximate surface area is 201 Å². The molecular weight excluding hydrogens is 446 g/mol. The first-order chi connectivity index (χ1) is 16.7. The smallest absolute Gasteiger partial charge is 0.246 e. The molecule has 7 nitrogen and oxygen atoms in total. The van der Waals surface area contributed by atoms with Gasteiger partial charge in [0.1, 0.15) is 17.1 Å². The molecule has 2 aliphatic heterocycles. The molecule has 0 bridgehead atoms. The van der Waals surface area contributed by atoms with Crippen LogP contribution in [-0.2, 0) is 22.6 Å². The van der Waals surface area contributed by atoms with Crippen molar-refractivity contribution in [3.63, 3.8) is 0 Å². The summed E-state index contributed by atoms with van der Waals surface area (Å²) in [5.74, 6) is -0.0610. The van der Waals surface area contributed by atoms with E-state index in [1.54, 1.807) is 16.2 Å². The molecule has 0 spiro atoms. The van der Waals surface area contributed by atoms with Gasteiger partial charge in [0.15, 0.2) is 0 Å². The fourth-order valence-corrected chi connectivity index (χ4v) is 5.78. The number of hydrogen-bond donors (Lipinski definition) is 3. The van der Waals surface area contributed by atoms with Crippen molar-refractivity contribution in [2.45, 2.75) is 37.5 Å². The number of nitrogens with one attached hydrogen (secondary N) is 3. The highest BCUT2D eigenvalue weighted by Crippen LogP contribution is 2.27. The summed E-state index contributed by atoms with van der Waals surface area (Å²) in [7, 11) is 0. The fraction of sp³-hybridized carbons (Fsp3) is 0.269. The Balaban J connectivity index is 1.10. The van der Waals surface area contributed by atoms with Crippen molar-refractivity contribution >= 4 is 34.1 Å². The second-order valence-electron chi connectivity index (χ2n) is 8.94. The maximum absolute atomic E-state index is 13.3. The molecule has 8 heteroatoms. The third-order valence-corrected chi connectivity index (χ3v) is 7.61. The predicted molar refractivity (Wildman–Crippen MR) is 132 cm³/mol. The molecule has 4 aromatic rings. The van der Waals surface area contributed by atoms with Crippen molar-refractivity contribution < 1.29 is 9.59 Å². The topological polar surface area (TPSA) is 90.1 Å². The van der Waals surface area contributed by atoms with E-state index >= 15 is 0 Å². The summed E-state index contributed by atoms with van der Waals surface area (Å²) in [5, 5.41) is 10.6. The Morgan fingerprint density at radius 1 is 1.09 bits per heavy atom. The largest absolute Gasteiger partial charge is 0.361 e. The van der Waals surface area contributed by atoms with Crippen LogP contribution in [-0.4, -0.2) is 51.4 Å². The molecule has 34 heavy (non-hydrogen) atoms. The zero-order valence-corrected chi connectivity index (χ0v) is 19.3. The average molecular weight is 472 g/mol. The van der Waals surface area contributed by atoms with Crippen LogP contribution in [0, 0.1) is 0 Å². The second-order valence-corrected chi connectivity index (χ2v) is 9.88. The zero-order valence-electron chi connectivity index (χ0n) is 18.5. The monoisotopic (exact) mass is 471 g/mol. The molecule has 2 saturated heterocycles. The number of benzene rings is 2. The molecule has 2 aromatic heterocycles. The standard InChI is InChI=1S/C26H25N5O2S/c32-25-23-11-18(27-13-24-29-22(15-34-24)16-6-2-1-3-7-16)14-31(23)26(33)21(30-25)10-17-12-28-20-9-5-4-8-19(17)20/h1-9,12,15,18,21,23,27-28H,10-11,13-14H2,(H,30,32)/t18-,21-,23-/m0/s1. The van der Waals surface area contributed by atoms with Gasteiger partial charge in [-0.25, -0.2) is 4.98 Å². The molecule has 0 aliphatic carbocycles. The van der Waals surface area contributed by atoms with Gasteiger partial charge in [0.05, 0.1) is 5.69 Å². The number of nitrogens with zero attached hydrogens (tertiary/aromatic N) is 2. The summed E-state index contributed by atoms with van der Waals surface area (Å²) in [6.45, 7) is 1.16. The normalized spacial score (nSPS) is 22.2. The van der Waals surface area contributed by atoms with Crippen molar-refractivity contribution in [3.05, 3.63) is 76.7 Å². The SMILES string of the molecule is O=C1N[C@@H](Cc2c[nH]c3ccccc23)C(=O)N2C[C@@H](NCc3nc(-c4ccccc4)cs3)C[C@@H]12. The molecule has 2 amide bonds. The number of para-hydroxylation sites is 1. The van der Waals surface area contributed by atoms with Gasteiger partial charge in [0.2, 0.25) is 11.8 Å². The van der Waals surface area contributed by atoms with Crippen LogP contribution in [0.2, 0.25) is 0 Å². The van der Waals surface area contributed by atoms with Crippen molar-refractivity contribution in [2.75, 3.05) is 6.54 Å². The molecule has 2 aromatic carbocycles. The van der Waals surface area contributed by atoms with Crippen LogP contribution in [0.3, 0.4) is 0 Å². The van der Waals surface area contributed by atoms with E-state index in [1.165, 1.54) is 0 Å². The summed E-state index contributed by atoms with van der Waals surface area (Å²) in [6.07, 6.45) is 3.04. The molecule has 2 aliphatic rings. The minimum atomic E-state index is -0.533. The number of aromatic amines is 1. The van der Waals surface area contributed by atoms with Gasteiger partial charge < -0.3 is 20.5 Å². The molecule has 3 atom stereocenters. The summed E-state index contributed by atoms with van der Waals surface area (Å²) in [5.41, 5.74) is 4.15. The number of hydrogen-bond acceptors (Lipinski definition) is 5. The Morgan fingerprint density at radius 2 is 1.91 bits per heavy atom. The molecule has 172 valence electrons. The van der Waals surface area contributed by atoms with Crippen molar-refractivity contribution in [1.82, 2.24) is 25.5 Å². The molecule has 3 N–H and O–H groups in total. The number of piperazine rings is 1. The van der Waals surface area contributed by atoms with Gasteiger partial charge in [-0.2, -0.15) is 0 Å². The van der Waals surface area contributed by atoms with E-state index in [-0.39, 0.29) is 17.9 Å². The minimum absolute atomic E-state index is 0.000191. The Hall–Kier alpha value is -3.49. The summed E-state index contributed by atoms with van der Waals surface area (Å²) in [4.78, 5) is 35.9. The number of rotatable bonds is 6. The minimum Gasteiger partial charge on any atom is -0.361 e. The van der Waals surface area contributed by atoms with Crippen LogP contribution in [0.1, 0.15) is 17.0 Å². The highest BCUT2D eigenvalue weighted by Gasteiger charge is 2.46. The second kappa shape index (κ2) is 8.70. The third-order valence-electron chi connectivity index (χ3n) is 6.76. The lowest BCUT2D eigenvalue weighted by Gasteiger charge is -2.34. The first kappa shape index (κ1) is 21.1. The maximum atomic E-state index is 13.3. The molecule has 0 saturated carbocycles. The zero-order chi connectivity index (χ0) is 23.1. The number of aromatic nitrogens is 2. The van der Waals surface area contributed by atoms with Crippen molar-refractivity contribution in [1.29, 1.82) is 0 Å². The van der Waals surface area contributed by atoms with Crippen LogP contribution in [0.5, 0.6) is 0 Å². The van der Waals surface area contributed by atoms with Crippen molar-refractivity contribution in [2.24, 2.45) is 0 Å². The van der Waals surface area contributed by atoms with Crippen LogP contribution in [0.15, 0.2) is 66.2 Å². The van der Waals surface area contributed by atoms with Gasteiger partial charge in [0.25, 0.3) is 0 Å². The molecular formula is C26H25N5O2S. The number of H-pyrrole nitrogens is 1. The van der Waals surface area contributed by atoms with Gasteiger partial charge in [-0.15, -0.1) is 11.3 Å². The molecule has 0 radical (unpaired) electrons. The molecule has 6 rings (SSSR count). The molecule has 2 fully saturated rings. The summed E-state index contributed by atoms with van der Waals surface area (Å²) in [6, 6.07) is 17.3. The lowest BCUT2D eigenvalue weighted by molar-refractivity contribution is -0.146. The Morgan fingerprint density at radius 3 is 2.79 bits per heavy atom. The summed E-state index contributed by atoms with van der Waals surface area (Å²) < 4.78 is 0. The van der Waals surface area contributed by atoms with E-state index in [1.807, 2.05) is 48.7 Å². The van der Waals surface area contributed by atoms with E-state index < -0.39 is 12.1 Å². The van der Waals surface area contributed by atoms with Crippen LogP contribution < -0.4 is 10.6 Å². The van der Waals surface area contributed by atoms with Gasteiger partial charge in [-0.3, -0.25) is 9.59 Å². The highest BCUT2D eigenvalue weighted by molar-refractivity contribution is 7.09. The number of thiazole rings is 1. The number of carbonyl (C=O) groups is 2. The average Bonchev–Trinajstić information content (AvgIpc) is 3.61. The van der Waals surface area contributed by atoms with Gasteiger partial charge in [-0.1, -0.05) is 48.5 Å². The lowest BCUT2D eigenvalue weighted by Crippen LogP contribution is -2.61.